The highest BCUT2D eigenvalue weighted by Gasteiger charge is 2.13. The third-order valence-electron chi connectivity index (χ3n) is 3.57. The molecule has 2 aromatic heterocycles. The number of carbonyl (C=O) groups is 1. The molecule has 0 bridgehead atoms. The maximum Gasteiger partial charge on any atom is 0.271 e. The summed E-state index contributed by atoms with van der Waals surface area (Å²) in [5.74, 6) is -0.296. The molecule has 26 heavy (non-hydrogen) atoms. The van der Waals surface area contributed by atoms with E-state index in [0.29, 0.717) is 27.8 Å². The number of amides is 1. The van der Waals surface area contributed by atoms with Gasteiger partial charge >= 0.3 is 0 Å². The summed E-state index contributed by atoms with van der Waals surface area (Å²) < 4.78 is 8.32. The quantitative estimate of drug-likeness (QED) is 0.457. The molecule has 0 aliphatic heterocycles. The van der Waals surface area contributed by atoms with E-state index < -0.39 is 4.92 Å². The number of benzene rings is 1. The van der Waals surface area contributed by atoms with E-state index in [1.54, 1.807) is 29.9 Å². The van der Waals surface area contributed by atoms with Crippen molar-refractivity contribution in [3.8, 4) is 0 Å². The van der Waals surface area contributed by atoms with Crippen LogP contribution in [0.1, 0.15) is 4.88 Å². The molecule has 0 aliphatic rings. The highest BCUT2D eigenvalue weighted by molar-refractivity contribution is 7.16. The molecule has 7 nitrogen and oxygen atoms in total. The fourth-order valence-electron chi connectivity index (χ4n) is 2.40. The maximum absolute atomic E-state index is 12.3. The van der Waals surface area contributed by atoms with E-state index in [1.165, 1.54) is 34.8 Å². The molecule has 3 aromatic rings. The second kappa shape index (κ2) is 8.09. The van der Waals surface area contributed by atoms with Crippen molar-refractivity contribution in [1.82, 2.24) is 4.57 Å². The molecular weight excluding hydrogens is 398 g/mol. The lowest BCUT2D eigenvalue weighted by Gasteiger charge is -2.04. The van der Waals surface area contributed by atoms with E-state index in [9.17, 15) is 14.9 Å². The number of aromatic nitrogens is 1. The van der Waals surface area contributed by atoms with Gasteiger partial charge in [-0.15, -0.1) is 11.3 Å². The van der Waals surface area contributed by atoms with Crippen LogP contribution < -0.4 is 4.80 Å². The molecule has 1 aromatic carbocycles. The summed E-state index contributed by atoms with van der Waals surface area (Å²) in [7, 11) is 1.57. The van der Waals surface area contributed by atoms with E-state index >= 15 is 0 Å². The number of halogens is 1. The van der Waals surface area contributed by atoms with Crippen molar-refractivity contribution >= 4 is 56.1 Å². The molecule has 1 amide bonds. The summed E-state index contributed by atoms with van der Waals surface area (Å²) >= 11 is 8.54. The summed E-state index contributed by atoms with van der Waals surface area (Å²) in [6.07, 6.45) is 0.163. The van der Waals surface area contributed by atoms with Crippen LogP contribution in [0.25, 0.3) is 10.2 Å². The Morgan fingerprint density at radius 2 is 2.15 bits per heavy atom. The summed E-state index contributed by atoms with van der Waals surface area (Å²) in [6.45, 7) is 0.838. The van der Waals surface area contributed by atoms with Gasteiger partial charge in [0.25, 0.3) is 11.6 Å². The normalized spacial score (nSPS) is 12.0. The zero-order valence-corrected chi connectivity index (χ0v) is 16.1. The van der Waals surface area contributed by atoms with Crippen LogP contribution in [0.15, 0.2) is 35.3 Å². The summed E-state index contributed by atoms with van der Waals surface area (Å²) in [5.41, 5.74) is 0.652. The van der Waals surface area contributed by atoms with Crippen molar-refractivity contribution in [3.05, 3.63) is 54.5 Å². The van der Waals surface area contributed by atoms with Gasteiger partial charge in [0, 0.05) is 30.7 Å². The average Bonchev–Trinajstić information content (AvgIpc) is 3.15. The first kappa shape index (κ1) is 18.7. The molecule has 0 spiro atoms. The number of carbonyl (C=O) groups excluding carboxylic acids is 1. The number of nitrogens with zero attached hydrogens (tertiary/aromatic N) is 3. The highest BCUT2D eigenvalue weighted by Crippen LogP contribution is 2.24. The number of thiazole rings is 1. The molecule has 0 saturated carbocycles. The Morgan fingerprint density at radius 1 is 1.35 bits per heavy atom. The molecule has 2 heterocycles. The SMILES string of the molecule is COCCn1c(=NC(=O)Cc2ccc(Cl)s2)sc2ccc([N+](=O)[O-])cc21. The zero-order chi connectivity index (χ0) is 18.7. The van der Waals surface area contributed by atoms with Gasteiger partial charge in [-0.2, -0.15) is 4.99 Å². The summed E-state index contributed by atoms with van der Waals surface area (Å²) in [6, 6.07) is 8.15. The van der Waals surface area contributed by atoms with E-state index in [0.717, 1.165) is 9.58 Å². The number of non-ortho nitro benzene ring substituents is 1. The van der Waals surface area contributed by atoms with Crippen molar-refractivity contribution in [2.45, 2.75) is 13.0 Å². The highest BCUT2D eigenvalue weighted by atomic mass is 35.5. The standard InChI is InChI=1S/C16H14ClN3O4S2/c1-24-7-6-19-12-8-10(20(22)23)2-4-13(12)26-16(19)18-15(21)9-11-3-5-14(17)25-11/h2-5,8H,6-7,9H2,1H3. The fraction of sp³-hybridized carbons (Fsp3) is 0.250. The number of hydrogen-bond acceptors (Lipinski definition) is 6. The Balaban J connectivity index is 2.02. The van der Waals surface area contributed by atoms with Crippen LogP contribution in [0.4, 0.5) is 5.69 Å². The number of hydrogen-bond donors (Lipinski definition) is 0. The Morgan fingerprint density at radius 3 is 2.81 bits per heavy atom. The van der Waals surface area contributed by atoms with Crippen molar-refractivity contribution in [3.63, 3.8) is 0 Å². The monoisotopic (exact) mass is 411 g/mol. The first-order valence-electron chi connectivity index (χ1n) is 7.56. The Labute approximate surface area is 161 Å². The lowest BCUT2D eigenvalue weighted by atomic mass is 10.3. The first-order valence-corrected chi connectivity index (χ1v) is 9.57. The van der Waals surface area contributed by atoms with Crippen LogP contribution in [0, 0.1) is 10.1 Å². The van der Waals surface area contributed by atoms with Crippen molar-refractivity contribution in [2.24, 2.45) is 4.99 Å². The van der Waals surface area contributed by atoms with Gasteiger partial charge in [0.15, 0.2) is 4.80 Å². The van der Waals surface area contributed by atoms with Gasteiger partial charge in [-0.05, 0) is 18.2 Å². The number of nitro groups is 1. The van der Waals surface area contributed by atoms with E-state index in [-0.39, 0.29) is 18.0 Å². The topological polar surface area (TPSA) is 86.7 Å². The van der Waals surface area contributed by atoms with Crippen LogP contribution in [-0.4, -0.2) is 29.1 Å². The molecule has 0 saturated heterocycles. The molecule has 10 heteroatoms. The lowest BCUT2D eigenvalue weighted by molar-refractivity contribution is -0.384. The molecule has 0 atom stereocenters. The smallest absolute Gasteiger partial charge is 0.271 e. The minimum Gasteiger partial charge on any atom is -0.383 e. The maximum atomic E-state index is 12.3. The molecular formula is C16H14ClN3O4S2. The van der Waals surface area contributed by atoms with E-state index in [2.05, 4.69) is 4.99 Å². The van der Waals surface area contributed by atoms with Gasteiger partial charge < -0.3 is 9.30 Å². The second-order valence-electron chi connectivity index (χ2n) is 5.33. The molecule has 3 rings (SSSR count). The average molecular weight is 412 g/mol. The molecule has 136 valence electrons. The fourth-order valence-corrected chi connectivity index (χ4v) is 4.53. The van der Waals surface area contributed by atoms with E-state index in [1.807, 2.05) is 0 Å². The zero-order valence-electron chi connectivity index (χ0n) is 13.7. The van der Waals surface area contributed by atoms with Gasteiger partial charge in [0.05, 0.1) is 32.5 Å². The first-order chi connectivity index (χ1) is 12.5. The number of methoxy groups -OCH3 is 1. The largest absolute Gasteiger partial charge is 0.383 e. The van der Waals surface area contributed by atoms with Gasteiger partial charge in [0.2, 0.25) is 0 Å². The number of nitro benzene ring substituents is 1. The van der Waals surface area contributed by atoms with Gasteiger partial charge in [-0.3, -0.25) is 14.9 Å². The van der Waals surface area contributed by atoms with Crippen LogP contribution in [-0.2, 0) is 22.5 Å². The predicted octanol–water partition coefficient (Wildman–Crippen LogP) is 3.64. The van der Waals surface area contributed by atoms with Crippen molar-refractivity contribution in [1.29, 1.82) is 0 Å². The second-order valence-corrected chi connectivity index (χ2v) is 8.14. The number of fused-ring (bicyclic) bond motifs is 1. The molecule has 0 N–H and O–H groups in total. The summed E-state index contributed by atoms with van der Waals surface area (Å²) in [5, 5.41) is 11.0. The number of thiophene rings is 1. The van der Waals surface area contributed by atoms with Gasteiger partial charge in [-0.25, -0.2) is 0 Å². The molecule has 0 unspecified atom stereocenters. The predicted molar refractivity (Wildman–Crippen MR) is 102 cm³/mol. The molecule has 0 fully saturated rings. The number of ether oxygens (including phenoxy) is 1. The van der Waals surface area contributed by atoms with E-state index in [4.69, 9.17) is 16.3 Å². The third-order valence-corrected chi connectivity index (χ3v) is 5.86. The van der Waals surface area contributed by atoms with Crippen molar-refractivity contribution in [2.75, 3.05) is 13.7 Å². The molecule has 0 aliphatic carbocycles. The van der Waals surface area contributed by atoms with Gasteiger partial charge in [0.1, 0.15) is 0 Å². The molecule has 0 radical (unpaired) electrons. The van der Waals surface area contributed by atoms with Crippen LogP contribution >= 0.6 is 34.3 Å². The van der Waals surface area contributed by atoms with Crippen LogP contribution in [0.2, 0.25) is 4.34 Å². The van der Waals surface area contributed by atoms with Crippen molar-refractivity contribution < 1.29 is 14.5 Å². The van der Waals surface area contributed by atoms with Crippen LogP contribution in [0.3, 0.4) is 0 Å². The Bertz CT molecular complexity index is 1040. The summed E-state index contributed by atoms with van der Waals surface area (Å²) in [4.78, 5) is 28.5. The minimum absolute atomic E-state index is 0.00688. The van der Waals surface area contributed by atoms with Gasteiger partial charge in [-0.1, -0.05) is 22.9 Å². The number of rotatable bonds is 6. The third kappa shape index (κ3) is 4.18. The Kier molecular flexibility index (Phi) is 5.82. The lowest BCUT2D eigenvalue weighted by Crippen LogP contribution is -2.19. The Hall–Kier alpha value is -2.07. The van der Waals surface area contributed by atoms with Crippen LogP contribution in [0.5, 0.6) is 0 Å². The minimum atomic E-state index is -0.444.